The first kappa shape index (κ1) is 21.9. The summed E-state index contributed by atoms with van der Waals surface area (Å²) in [6.07, 6.45) is 7.27. The summed E-state index contributed by atoms with van der Waals surface area (Å²) in [6, 6.07) is 4.42. The lowest BCUT2D eigenvalue weighted by Crippen LogP contribution is -2.39. The van der Waals surface area contributed by atoms with Gasteiger partial charge in [0, 0.05) is 15.5 Å². The molecule has 0 fully saturated rings. The second kappa shape index (κ2) is 9.35. The first-order valence-electron chi connectivity index (χ1n) is 9.98. The van der Waals surface area contributed by atoms with Crippen LogP contribution < -0.4 is 4.74 Å². The molecule has 0 N–H and O–H groups in total. The van der Waals surface area contributed by atoms with Crippen LogP contribution in [0.1, 0.15) is 59.8 Å². The van der Waals surface area contributed by atoms with E-state index in [4.69, 9.17) is 9.47 Å². The molecule has 0 aliphatic carbocycles. The van der Waals surface area contributed by atoms with Gasteiger partial charge in [-0.2, -0.15) is 0 Å². The van der Waals surface area contributed by atoms with Crippen LogP contribution in [0.3, 0.4) is 0 Å². The van der Waals surface area contributed by atoms with Crippen molar-refractivity contribution < 1.29 is 14.3 Å². The van der Waals surface area contributed by atoms with Crippen LogP contribution in [0.2, 0.25) is 0 Å². The summed E-state index contributed by atoms with van der Waals surface area (Å²) in [5.74, 6) is 1.62. The smallest absolute Gasteiger partial charge is 0.309 e. The maximum atomic E-state index is 11.7. The molecule has 0 bridgehead atoms. The number of hydrogen-bond donors (Lipinski definition) is 0. The number of rotatable bonds is 7. The molecule has 0 spiro atoms. The molecular formula is C23H29NO3S2. The molecule has 0 saturated carbocycles. The number of benzene rings is 1. The number of aromatic nitrogens is 1. The molecule has 1 aromatic carbocycles. The van der Waals surface area contributed by atoms with Crippen LogP contribution in [0.5, 0.6) is 5.75 Å². The van der Waals surface area contributed by atoms with E-state index in [0.717, 1.165) is 47.0 Å². The number of allylic oxidation sites excluding steroid dienone is 1. The summed E-state index contributed by atoms with van der Waals surface area (Å²) in [7, 11) is 1.42. The van der Waals surface area contributed by atoms with Crippen molar-refractivity contribution in [2.24, 2.45) is 0 Å². The lowest BCUT2D eigenvalue weighted by Gasteiger charge is -2.36. The Morgan fingerprint density at radius 3 is 2.93 bits per heavy atom. The molecule has 1 atom stereocenters. The van der Waals surface area contributed by atoms with E-state index < -0.39 is 5.60 Å². The van der Waals surface area contributed by atoms with Gasteiger partial charge in [0.2, 0.25) is 0 Å². The average molecular weight is 432 g/mol. The predicted octanol–water partition coefficient (Wildman–Crippen LogP) is 6.12. The van der Waals surface area contributed by atoms with Crippen molar-refractivity contribution in [3.05, 3.63) is 44.9 Å². The lowest BCUT2D eigenvalue weighted by molar-refractivity contribution is -0.145. The van der Waals surface area contributed by atoms with Gasteiger partial charge in [-0.15, -0.1) is 23.1 Å². The fourth-order valence-corrected chi connectivity index (χ4v) is 5.65. The number of carbonyl (C=O) groups excluding carboxylic acids is 1. The Morgan fingerprint density at radius 1 is 1.41 bits per heavy atom. The van der Waals surface area contributed by atoms with Crippen LogP contribution in [0, 0.1) is 13.8 Å². The second-order valence-corrected chi connectivity index (χ2v) is 9.86. The van der Waals surface area contributed by atoms with Crippen LogP contribution in [0.25, 0.3) is 6.08 Å². The van der Waals surface area contributed by atoms with Crippen molar-refractivity contribution in [1.29, 1.82) is 0 Å². The highest BCUT2D eigenvalue weighted by Gasteiger charge is 2.35. The summed E-state index contributed by atoms with van der Waals surface area (Å²) in [6.45, 7) is 8.29. The molecule has 2 aromatic rings. The summed E-state index contributed by atoms with van der Waals surface area (Å²) >= 11 is 3.61. The van der Waals surface area contributed by atoms with Gasteiger partial charge in [0.25, 0.3) is 0 Å². The SMILES string of the molecule is CC/C=C/c1nc(C)c(CSc2cc(C)c3c(c2)CCC(C)(CC(=O)OC)O3)s1. The molecule has 156 valence electrons. The monoisotopic (exact) mass is 431 g/mol. The molecule has 2 heterocycles. The van der Waals surface area contributed by atoms with Crippen molar-refractivity contribution in [2.45, 2.75) is 69.6 Å². The average Bonchev–Trinajstić information content (AvgIpc) is 3.04. The Morgan fingerprint density at radius 2 is 2.21 bits per heavy atom. The van der Waals surface area contributed by atoms with E-state index >= 15 is 0 Å². The van der Waals surface area contributed by atoms with Crippen LogP contribution in [0.4, 0.5) is 0 Å². The van der Waals surface area contributed by atoms with E-state index in [1.165, 1.54) is 22.4 Å². The lowest BCUT2D eigenvalue weighted by atomic mass is 9.89. The largest absolute Gasteiger partial charge is 0.486 e. The molecule has 6 heteroatoms. The number of aryl methyl sites for hydroxylation is 3. The van der Waals surface area contributed by atoms with Gasteiger partial charge in [0.1, 0.15) is 16.4 Å². The molecule has 1 aliphatic rings. The molecule has 1 aromatic heterocycles. The first-order chi connectivity index (χ1) is 13.8. The van der Waals surface area contributed by atoms with Crippen LogP contribution in [0.15, 0.2) is 23.1 Å². The van der Waals surface area contributed by atoms with Gasteiger partial charge in [-0.1, -0.05) is 13.0 Å². The van der Waals surface area contributed by atoms with E-state index in [2.05, 4.69) is 50.0 Å². The Hall–Kier alpha value is -1.79. The van der Waals surface area contributed by atoms with E-state index in [1.54, 1.807) is 11.3 Å². The summed E-state index contributed by atoms with van der Waals surface area (Å²) in [4.78, 5) is 19.0. The number of carbonyl (C=O) groups is 1. The van der Waals surface area contributed by atoms with Crippen molar-refractivity contribution >= 4 is 35.1 Å². The highest BCUT2D eigenvalue weighted by Crippen LogP contribution is 2.40. The molecule has 1 aliphatic heterocycles. The predicted molar refractivity (Wildman–Crippen MR) is 121 cm³/mol. The van der Waals surface area contributed by atoms with Gasteiger partial charge < -0.3 is 9.47 Å². The molecule has 1 unspecified atom stereocenters. The number of thiazole rings is 1. The minimum absolute atomic E-state index is 0.228. The number of thioether (sulfide) groups is 1. The van der Waals surface area contributed by atoms with E-state index in [0.29, 0.717) is 0 Å². The Balaban J connectivity index is 1.71. The fraction of sp³-hybridized carbons (Fsp3) is 0.478. The Labute approximate surface area is 181 Å². The normalized spacial score (nSPS) is 18.5. The summed E-state index contributed by atoms with van der Waals surface area (Å²) in [5.41, 5.74) is 2.97. The molecule has 0 saturated heterocycles. The third-order valence-corrected chi connectivity index (χ3v) is 7.43. The maximum absolute atomic E-state index is 11.7. The number of methoxy groups -OCH3 is 1. The quantitative estimate of drug-likeness (QED) is 0.390. The van der Waals surface area contributed by atoms with Crippen LogP contribution in [-0.4, -0.2) is 23.7 Å². The van der Waals surface area contributed by atoms with Gasteiger partial charge in [-0.25, -0.2) is 4.98 Å². The standard InChI is InChI=1S/C23H29NO3S2/c1-6-7-8-20-24-16(3)19(29-20)14-28-18-11-15(2)22-17(12-18)9-10-23(4,27-22)13-21(25)26-5/h7-8,11-12H,6,9-10,13-14H2,1-5H3/b8-7+. The highest BCUT2D eigenvalue weighted by atomic mass is 32.2. The van der Waals surface area contributed by atoms with E-state index in [1.807, 2.05) is 18.7 Å². The fourth-order valence-electron chi connectivity index (χ4n) is 3.45. The number of hydrogen-bond acceptors (Lipinski definition) is 6. The van der Waals surface area contributed by atoms with E-state index in [-0.39, 0.29) is 12.4 Å². The van der Waals surface area contributed by atoms with E-state index in [9.17, 15) is 4.79 Å². The van der Waals surface area contributed by atoms with Gasteiger partial charge in [0.15, 0.2) is 0 Å². The second-order valence-electron chi connectivity index (χ2n) is 7.69. The summed E-state index contributed by atoms with van der Waals surface area (Å²) < 4.78 is 11.1. The zero-order chi connectivity index (χ0) is 21.0. The van der Waals surface area contributed by atoms with Gasteiger partial charge in [0.05, 0.1) is 19.2 Å². The number of fused-ring (bicyclic) bond motifs is 1. The van der Waals surface area contributed by atoms with Crippen LogP contribution in [-0.2, 0) is 21.7 Å². The highest BCUT2D eigenvalue weighted by molar-refractivity contribution is 7.98. The molecule has 0 radical (unpaired) electrons. The number of ether oxygens (including phenoxy) is 2. The molecule has 3 rings (SSSR count). The zero-order valence-electron chi connectivity index (χ0n) is 17.8. The number of esters is 1. The topological polar surface area (TPSA) is 48.4 Å². The van der Waals surface area contributed by atoms with Gasteiger partial charge in [-0.05, 0) is 69.4 Å². The molecule has 4 nitrogen and oxygen atoms in total. The first-order valence-corrected chi connectivity index (χ1v) is 11.8. The van der Waals surface area contributed by atoms with Crippen molar-refractivity contribution in [3.8, 4) is 5.75 Å². The molecular weight excluding hydrogens is 402 g/mol. The Kier molecular flexibility index (Phi) is 7.06. The Bertz CT molecular complexity index is 919. The van der Waals surface area contributed by atoms with Gasteiger partial charge in [-0.3, -0.25) is 4.79 Å². The van der Waals surface area contributed by atoms with Crippen molar-refractivity contribution in [3.63, 3.8) is 0 Å². The molecule has 0 amide bonds. The third kappa shape index (κ3) is 5.43. The molecule has 29 heavy (non-hydrogen) atoms. The number of nitrogens with zero attached hydrogens (tertiary/aromatic N) is 1. The third-order valence-electron chi connectivity index (χ3n) is 5.12. The van der Waals surface area contributed by atoms with Crippen molar-refractivity contribution in [2.75, 3.05) is 7.11 Å². The minimum Gasteiger partial charge on any atom is -0.486 e. The minimum atomic E-state index is -0.498. The van der Waals surface area contributed by atoms with Crippen molar-refractivity contribution in [1.82, 2.24) is 4.98 Å². The summed E-state index contributed by atoms with van der Waals surface area (Å²) in [5, 5.41) is 1.08. The van der Waals surface area contributed by atoms with Gasteiger partial charge >= 0.3 is 5.97 Å². The maximum Gasteiger partial charge on any atom is 0.309 e. The zero-order valence-corrected chi connectivity index (χ0v) is 19.5. The van der Waals surface area contributed by atoms with Crippen LogP contribution >= 0.6 is 23.1 Å².